The molecule has 5 heteroatoms. The molecule has 20 heavy (non-hydrogen) atoms. The average molecular weight is 289 g/mol. The molecule has 1 aliphatic heterocycles. The Hall–Kier alpha value is -1.20. The third kappa shape index (κ3) is 2.29. The van der Waals surface area contributed by atoms with E-state index >= 15 is 0 Å². The van der Waals surface area contributed by atoms with Crippen molar-refractivity contribution in [2.24, 2.45) is 0 Å². The van der Waals surface area contributed by atoms with Crippen molar-refractivity contribution in [3.63, 3.8) is 0 Å². The molecule has 1 fully saturated rings. The molecule has 2 aromatic rings. The number of aryl methyl sites for hydroxylation is 2. The molecule has 0 bridgehead atoms. The minimum Gasteiger partial charge on any atom is -0.333 e. The molecule has 3 heterocycles. The van der Waals surface area contributed by atoms with Crippen molar-refractivity contribution in [2.75, 3.05) is 6.54 Å². The van der Waals surface area contributed by atoms with Gasteiger partial charge in [0.15, 0.2) is 5.82 Å². The Morgan fingerprint density at radius 3 is 3.15 bits per heavy atom. The van der Waals surface area contributed by atoms with E-state index in [-0.39, 0.29) is 6.04 Å². The number of fused-ring (bicyclic) bond motifs is 1. The summed E-state index contributed by atoms with van der Waals surface area (Å²) >= 11 is 1.82. The molecule has 1 unspecified atom stereocenters. The number of hydrogen-bond acceptors (Lipinski definition) is 5. The summed E-state index contributed by atoms with van der Waals surface area (Å²) in [7, 11) is 0. The first-order valence-electron chi connectivity index (χ1n) is 7.59. The van der Waals surface area contributed by atoms with Crippen LogP contribution in [0.4, 0.5) is 0 Å². The van der Waals surface area contributed by atoms with Crippen LogP contribution in [0.1, 0.15) is 54.4 Å². The van der Waals surface area contributed by atoms with E-state index in [1.165, 1.54) is 49.0 Å². The van der Waals surface area contributed by atoms with Crippen molar-refractivity contribution in [3.05, 3.63) is 22.3 Å². The molecule has 0 spiro atoms. The van der Waals surface area contributed by atoms with Gasteiger partial charge in [-0.05, 0) is 50.3 Å². The van der Waals surface area contributed by atoms with Crippen LogP contribution in [-0.2, 0) is 12.8 Å². The molecule has 4 rings (SSSR count). The molecule has 1 atom stereocenters. The third-order valence-electron chi connectivity index (χ3n) is 4.27. The third-order valence-corrected chi connectivity index (χ3v) is 5.50. The Kier molecular flexibility index (Phi) is 3.32. The summed E-state index contributed by atoms with van der Waals surface area (Å²) in [6, 6.07) is 2.51. The summed E-state index contributed by atoms with van der Waals surface area (Å²) in [5.74, 6) is 1.53. The number of rotatable bonds is 2. The van der Waals surface area contributed by atoms with Gasteiger partial charge in [-0.15, -0.1) is 11.3 Å². The van der Waals surface area contributed by atoms with E-state index in [0.29, 0.717) is 5.89 Å². The molecular formula is C15H19N3OS. The normalized spacial score (nSPS) is 22.7. The highest BCUT2D eigenvalue weighted by atomic mass is 32.1. The fourth-order valence-corrected chi connectivity index (χ4v) is 4.34. The quantitative estimate of drug-likeness (QED) is 0.919. The zero-order valence-electron chi connectivity index (χ0n) is 11.5. The van der Waals surface area contributed by atoms with Gasteiger partial charge in [-0.1, -0.05) is 18.0 Å². The Labute approximate surface area is 122 Å². The molecule has 0 amide bonds. The van der Waals surface area contributed by atoms with Crippen LogP contribution in [0.25, 0.3) is 10.8 Å². The molecule has 0 radical (unpaired) electrons. The van der Waals surface area contributed by atoms with Crippen molar-refractivity contribution in [1.29, 1.82) is 0 Å². The van der Waals surface area contributed by atoms with Crippen molar-refractivity contribution in [3.8, 4) is 10.8 Å². The predicted molar refractivity (Wildman–Crippen MR) is 78.8 cm³/mol. The molecule has 1 saturated heterocycles. The van der Waals surface area contributed by atoms with E-state index in [4.69, 9.17) is 4.52 Å². The van der Waals surface area contributed by atoms with Gasteiger partial charge in [0.05, 0.1) is 10.9 Å². The van der Waals surface area contributed by atoms with E-state index < -0.39 is 0 Å². The first-order valence-corrected chi connectivity index (χ1v) is 8.41. The smallest absolute Gasteiger partial charge is 0.268 e. The minimum absolute atomic E-state index is 0.266. The number of hydrogen-bond donors (Lipinski definition) is 1. The lowest BCUT2D eigenvalue weighted by atomic mass is 10.1. The number of thiophene rings is 1. The topological polar surface area (TPSA) is 51.0 Å². The highest BCUT2D eigenvalue weighted by Crippen LogP contribution is 2.36. The Morgan fingerprint density at radius 1 is 1.20 bits per heavy atom. The first kappa shape index (κ1) is 12.5. The largest absolute Gasteiger partial charge is 0.333 e. The summed E-state index contributed by atoms with van der Waals surface area (Å²) in [6.45, 7) is 1.06. The Bertz CT molecular complexity index is 575. The van der Waals surface area contributed by atoms with Crippen LogP contribution in [0.15, 0.2) is 10.6 Å². The highest BCUT2D eigenvalue weighted by Gasteiger charge is 2.22. The van der Waals surface area contributed by atoms with Gasteiger partial charge < -0.3 is 9.84 Å². The molecule has 2 aromatic heterocycles. The SMILES string of the molecule is c1c(-c2nc(C3CCCCCN3)no2)sc2c1CCC2. The lowest BCUT2D eigenvalue weighted by molar-refractivity contribution is 0.403. The monoisotopic (exact) mass is 289 g/mol. The van der Waals surface area contributed by atoms with Crippen LogP contribution in [0.5, 0.6) is 0 Å². The molecule has 0 aromatic carbocycles. The molecule has 0 saturated carbocycles. The summed E-state index contributed by atoms with van der Waals surface area (Å²) in [5.41, 5.74) is 1.48. The van der Waals surface area contributed by atoms with Gasteiger partial charge in [0.1, 0.15) is 0 Å². The lowest BCUT2D eigenvalue weighted by Gasteiger charge is -2.09. The van der Waals surface area contributed by atoms with E-state index in [1.54, 1.807) is 0 Å². The van der Waals surface area contributed by atoms with Gasteiger partial charge in [0.25, 0.3) is 5.89 Å². The summed E-state index contributed by atoms with van der Waals surface area (Å²) in [5, 5.41) is 7.72. The maximum absolute atomic E-state index is 5.49. The molecule has 2 aliphatic rings. The van der Waals surface area contributed by atoms with E-state index in [2.05, 4.69) is 21.5 Å². The zero-order chi connectivity index (χ0) is 13.4. The lowest BCUT2D eigenvalue weighted by Crippen LogP contribution is -2.21. The van der Waals surface area contributed by atoms with Gasteiger partial charge in [0, 0.05) is 4.88 Å². The molecule has 4 nitrogen and oxygen atoms in total. The fraction of sp³-hybridized carbons (Fsp3) is 0.600. The van der Waals surface area contributed by atoms with Gasteiger partial charge in [-0.2, -0.15) is 4.98 Å². The van der Waals surface area contributed by atoms with Crippen molar-refractivity contribution < 1.29 is 4.52 Å². The van der Waals surface area contributed by atoms with Crippen LogP contribution >= 0.6 is 11.3 Å². The first-order chi connectivity index (χ1) is 9.90. The maximum atomic E-state index is 5.49. The van der Waals surface area contributed by atoms with Gasteiger partial charge >= 0.3 is 0 Å². The summed E-state index contributed by atoms with van der Waals surface area (Å²) in [6.07, 6.45) is 8.62. The Balaban J connectivity index is 1.57. The summed E-state index contributed by atoms with van der Waals surface area (Å²) < 4.78 is 5.49. The second-order valence-corrected chi connectivity index (χ2v) is 6.86. The number of aromatic nitrogens is 2. The maximum Gasteiger partial charge on any atom is 0.268 e. The molecular weight excluding hydrogens is 270 g/mol. The molecule has 1 N–H and O–H groups in total. The Morgan fingerprint density at radius 2 is 2.20 bits per heavy atom. The van der Waals surface area contributed by atoms with E-state index in [0.717, 1.165) is 23.7 Å². The molecule has 1 aliphatic carbocycles. The van der Waals surface area contributed by atoms with Crippen LogP contribution in [0.3, 0.4) is 0 Å². The van der Waals surface area contributed by atoms with Gasteiger partial charge in [0.2, 0.25) is 0 Å². The predicted octanol–water partition coefficient (Wildman–Crippen LogP) is 3.49. The highest BCUT2D eigenvalue weighted by molar-refractivity contribution is 7.15. The standard InChI is InChI=1S/C15H19N3OS/c1-2-6-11(16-8-3-1)14-17-15(19-18-14)13-9-10-5-4-7-12(10)20-13/h9,11,16H,1-8H2. The molecule has 106 valence electrons. The van der Waals surface area contributed by atoms with Crippen LogP contribution < -0.4 is 5.32 Å². The van der Waals surface area contributed by atoms with Gasteiger partial charge in [-0.3, -0.25) is 0 Å². The van der Waals surface area contributed by atoms with E-state index in [1.807, 2.05) is 11.3 Å². The zero-order valence-corrected chi connectivity index (χ0v) is 12.3. The second kappa shape index (κ2) is 5.30. The van der Waals surface area contributed by atoms with Crippen molar-refractivity contribution in [1.82, 2.24) is 15.5 Å². The second-order valence-electron chi connectivity index (χ2n) is 5.73. The van der Waals surface area contributed by atoms with E-state index in [9.17, 15) is 0 Å². The van der Waals surface area contributed by atoms with Crippen LogP contribution in [-0.4, -0.2) is 16.7 Å². The van der Waals surface area contributed by atoms with Crippen molar-refractivity contribution in [2.45, 2.75) is 51.0 Å². The van der Waals surface area contributed by atoms with Crippen LogP contribution in [0, 0.1) is 0 Å². The fourth-order valence-electron chi connectivity index (χ4n) is 3.16. The average Bonchev–Trinajstić information content (AvgIpc) is 3.10. The minimum atomic E-state index is 0.266. The van der Waals surface area contributed by atoms with Crippen molar-refractivity contribution >= 4 is 11.3 Å². The van der Waals surface area contributed by atoms with Gasteiger partial charge in [-0.25, -0.2) is 0 Å². The number of nitrogens with one attached hydrogen (secondary N) is 1. The number of nitrogens with zero attached hydrogens (tertiary/aromatic N) is 2. The summed E-state index contributed by atoms with van der Waals surface area (Å²) in [4.78, 5) is 7.28. The van der Waals surface area contributed by atoms with Crippen LogP contribution in [0.2, 0.25) is 0 Å².